The summed E-state index contributed by atoms with van der Waals surface area (Å²) in [4.78, 5) is 7.61. The lowest BCUT2D eigenvalue weighted by Gasteiger charge is -2.10. The van der Waals surface area contributed by atoms with E-state index in [0.29, 0.717) is 28.8 Å². The molecular formula is C12H12Cl2N4O. The van der Waals surface area contributed by atoms with Crippen molar-refractivity contribution >= 4 is 35.0 Å². The zero-order valence-corrected chi connectivity index (χ0v) is 11.4. The van der Waals surface area contributed by atoms with Gasteiger partial charge in [0, 0.05) is 16.5 Å². The van der Waals surface area contributed by atoms with Crippen molar-refractivity contribution in [2.45, 2.75) is 6.42 Å². The molecule has 1 heterocycles. The van der Waals surface area contributed by atoms with Gasteiger partial charge in [-0.1, -0.05) is 29.3 Å². The maximum Gasteiger partial charge on any atom is 0.222 e. The van der Waals surface area contributed by atoms with Crippen LogP contribution in [0.15, 0.2) is 24.4 Å². The molecule has 0 radical (unpaired) electrons. The summed E-state index contributed by atoms with van der Waals surface area (Å²) in [5.74, 6) is 0.703. The molecule has 100 valence electrons. The van der Waals surface area contributed by atoms with Crippen LogP contribution < -0.4 is 16.2 Å². The van der Waals surface area contributed by atoms with Crippen molar-refractivity contribution in [1.82, 2.24) is 9.97 Å². The molecule has 4 N–H and O–H groups in total. The van der Waals surface area contributed by atoms with Gasteiger partial charge in [0.05, 0.1) is 12.8 Å². The number of hydrogen-bond acceptors (Lipinski definition) is 5. The third kappa shape index (κ3) is 3.39. The van der Waals surface area contributed by atoms with Crippen LogP contribution in [0.5, 0.6) is 5.75 Å². The Morgan fingerprint density at radius 3 is 2.47 bits per heavy atom. The van der Waals surface area contributed by atoms with Crippen LogP contribution in [-0.2, 0) is 6.42 Å². The first-order chi connectivity index (χ1) is 9.08. The van der Waals surface area contributed by atoms with Crippen molar-refractivity contribution in [2.75, 3.05) is 18.1 Å². The van der Waals surface area contributed by atoms with Gasteiger partial charge in [-0.25, -0.2) is 4.98 Å². The summed E-state index contributed by atoms with van der Waals surface area (Å²) in [5, 5.41) is 1.22. The fourth-order valence-electron chi connectivity index (χ4n) is 1.54. The quantitative estimate of drug-likeness (QED) is 0.906. The van der Waals surface area contributed by atoms with Crippen LogP contribution >= 0.6 is 23.2 Å². The third-order valence-electron chi connectivity index (χ3n) is 2.47. The molecule has 0 fully saturated rings. The monoisotopic (exact) mass is 298 g/mol. The summed E-state index contributed by atoms with van der Waals surface area (Å²) in [7, 11) is 0. The second-order valence-corrected chi connectivity index (χ2v) is 4.59. The smallest absolute Gasteiger partial charge is 0.222 e. The number of halogens is 2. The molecule has 0 amide bonds. The van der Waals surface area contributed by atoms with E-state index < -0.39 is 0 Å². The Labute approximate surface area is 120 Å². The number of benzene rings is 1. The number of nitrogens with two attached hydrogens (primary N) is 2. The predicted octanol–water partition coefficient (Wildman–Crippen LogP) is 2.57. The number of nitrogens with zero attached hydrogens (tertiary/aromatic N) is 2. The lowest BCUT2D eigenvalue weighted by Crippen LogP contribution is -2.07. The normalized spacial score (nSPS) is 10.4. The Hall–Kier alpha value is -1.72. The van der Waals surface area contributed by atoms with Crippen molar-refractivity contribution in [3.05, 3.63) is 40.0 Å². The zero-order valence-electron chi connectivity index (χ0n) is 9.94. The van der Waals surface area contributed by atoms with Crippen LogP contribution in [0.25, 0.3) is 0 Å². The van der Waals surface area contributed by atoms with E-state index in [-0.39, 0.29) is 11.8 Å². The van der Waals surface area contributed by atoms with Crippen molar-refractivity contribution in [1.29, 1.82) is 0 Å². The SMILES string of the molecule is Nc1ncc(OCCc2c(Cl)cccc2Cl)c(N)n1. The molecule has 0 saturated carbocycles. The molecule has 7 heteroatoms. The second-order valence-electron chi connectivity index (χ2n) is 3.78. The molecule has 0 aliphatic rings. The first kappa shape index (κ1) is 13.7. The van der Waals surface area contributed by atoms with E-state index in [2.05, 4.69) is 9.97 Å². The molecule has 0 atom stereocenters. The van der Waals surface area contributed by atoms with E-state index >= 15 is 0 Å². The Morgan fingerprint density at radius 1 is 1.16 bits per heavy atom. The molecule has 0 aliphatic carbocycles. The first-order valence-electron chi connectivity index (χ1n) is 5.51. The summed E-state index contributed by atoms with van der Waals surface area (Å²) in [6.45, 7) is 0.362. The maximum absolute atomic E-state index is 6.06. The number of rotatable bonds is 4. The summed E-state index contributed by atoms with van der Waals surface area (Å²) in [5.41, 5.74) is 11.9. The molecular weight excluding hydrogens is 287 g/mol. The van der Waals surface area contributed by atoms with E-state index in [1.54, 1.807) is 18.2 Å². The highest BCUT2D eigenvalue weighted by atomic mass is 35.5. The average molecular weight is 299 g/mol. The van der Waals surface area contributed by atoms with E-state index in [1.807, 2.05) is 0 Å². The van der Waals surface area contributed by atoms with Crippen LogP contribution in [-0.4, -0.2) is 16.6 Å². The minimum atomic E-state index is 0.110. The number of hydrogen-bond donors (Lipinski definition) is 2. The molecule has 0 saturated heterocycles. The van der Waals surface area contributed by atoms with Crippen molar-refractivity contribution < 1.29 is 4.74 Å². The van der Waals surface area contributed by atoms with Crippen LogP contribution in [0.3, 0.4) is 0 Å². The number of ether oxygens (including phenoxy) is 1. The molecule has 2 aromatic rings. The summed E-state index contributed by atoms with van der Waals surface area (Å²) in [6, 6.07) is 5.35. The standard InChI is InChI=1S/C12H12Cl2N4O/c13-8-2-1-3-9(14)7(8)4-5-19-10-6-17-12(16)18-11(10)15/h1-3,6H,4-5H2,(H4,15,16,17,18). The van der Waals surface area contributed by atoms with E-state index in [9.17, 15) is 0 Å². The minimum absolute atomic E-state index is 0.110. The van der Waals surface area contributed by atoms with Gasteiger partial charge in [0.2, 0.25) is 5.95 Å². The van der Waals surface area contributed by atoms with Crippen molar-refractivity contribution in [3.63, 3.8) is 0 Å². The van der Waals surface area contributed by atoms with Gasteiger partial charge in [-0.05, 0) is 17.7 Å². The number of anilines is 2. The Morgan fingerprint density at radius 2 is 1.84 bits per heavy atom. The molecule has 1 aromatic heterocycles. The van der Waals surface area contributed by atoms with Gasteiger partial charge >= 0.3 is 0 Å². The minimum Gasteiger partial charge on any atom is -0.488 e. The number of aromatic nitrogens is 2. The van der Waals surface area contributed by atoms with Crippen LogP contribution in [0.4, 0.5) is 11.8 Å². The largest absolute Gasteiger partial charge is 0.488 e. The Bertz CT molecular complexity index is 572. The summed E-state index contributed by atoms with van der Waals surface area (Å²) >= 11 is 12.1. The maximum atomic E-state index is 6.06. The summed E-state index contributed by atoms with van der Waals surface area (Å²) in [6.07, 6.45) is 1.99. The molecule has 2 rings (SSSR count). The van der Waals surface area contributed by atoms with Crippen LogP contribution in [0.1, 0.15) is 5.56 Å². The van der Waals surface area contributed by atoms with Crippen molar-refractivity contribution in [3.8, 4) is 5.75 Å². The predicted molar refractivity (Wildman–Crippen MR) is 76.5 cm³/mol. The molecule has 5 nitrogen and oxygen atoms in total. The molecule has 0 spiro atoms. The van der Waals surface area contributed by atoms with Gasteiger partial charge in [-0.2, -0.15) is 4.98 Å². The number of nitrogen functional groups attached to an aromatic ring is 2. The van der Waals surface area contributed by atoms with Crippen LogP contribution in [0.2, 0.25) is 10.0 Å². The first-order valence-corrected chi connectivity index (χ1v) is 6.27. The third-order valence-corrected chi connectivity index (χ3v) is 3.18. The van der Waals surface area contributed by atoms with Gasteiger partial charge in [0.15, 0.2) is 11.6 Å². The summed E-state index contributed by atoms with van der Waals surface area (Å²) < 4.78 is 5.48. The fourth-order valence-corrected chi connectivity index (χ4v) is 2.13. The topological polar surface area (TPSA) is 87.0 Å². The molecule has 0 aliphatic heterocycles. The van der Waals surface area contributed by atoms with Crippen molar-refractivity contribution in [2.24, 2.45) is 0 Å². The highest BCUT2D eigenvalue weighted by molar-refractivity contribution is 6.35. The van der Waals surface area contributed by atoms with Gasteiger partial charge in [-0.15, -0.1) is 0 Å². The second kappa shape index (κ2) is 5.95. The van der Waals surface area contributed by atoms with Gasteiger partial charge < -0.3 is 16.2 Å². The fraction of sp³-hybridized carbons (Fsp3) is 0.167. The van der Waals surface area contributed by atoms with E-state index in [1.165, 1.54) is 6.20 Å². The van der Waals surface area contributed by atoms with E-state index in [4.69, 9.17) is 39.4 Å². The average Bonchev–Trinajstić information content (AvgIpc) is 2.35. The molecule has 1 aromatic carbocycles. The zero-order chi connectivity index (χ0) is 13.8. The molecule has 0 bridgehead atoms. The lowest BCUT2D eigenvalue weighted by atomic mass is 10.1. The van der Waals surface area contributed by atoms with Crippen LogP contribution in [0, 0.1) is 0 Å². The highest BCUT2D eigenvalue weighted by Crippen LogP contribution is 2.25. The van der Waals surface area contributed by atoms with Gasteiger partial charge in [0.25, 0.3) is 0 Å². The Balaban J connectivity index is 2.00. The molecule has 0 unspecified atom stereocenters. The lowest BCUT2D eigenvalue weighted by molar-refractivity contribution is 0.321. The highest BCUT2D eigenvalue weighted by Gasteiger charge is 2.07. The van der Waals surface area contributed by atoms with Gasteiger partial charge in [-0.3, -0.25) is 0 Å². The van der Waals surface area contributed by atoms with E-state index in [0.717, 1.165) is 5.56 Å². The van der Waals surface area contributed by atoms with Gasteiger partial charge in [0.1, 0.15) is 0 Å². The molecule has 19 heavy (non-hydrogen) atoms. The Kier molecular flexibility index (Phi) is 4.29.